The summed E-state index contributed by atoms with van der Waals surface area (Å²) in [7, 11) is -3.25. The van der Waals surface area contributed by atoms with Crippen molar-refractivity contribution in [3.05, 3.63) is 35.9 Å². The fourth-order valence-corrected chi connectivity index (χ4v) is 4.06. The summed E-state index contributed by atoms with van der Waals surface area (Å²) in [6.45, 7) is 5.39. The Balaban J connectivity index is 2.29. The minimum Gasteiger partial charge on any atom is -0.379 e. The first-order valence-corrected chi connectivity index (χ1v) is 8.76. The van der Waals surface area contributed by atoms with Gasteiger partial charge in [-0.3, -0.25) is 0 Å². The van der Waals surface area contributed by atoms with Gasteiger partial charge in [-0.1, -0.05) is 50.6 Å². The third-order valence-corrected chi connectivity index (χ3v) is 5.78. The molecule has 2 rings (SSSR count). The predicted octanol–water partition coefficient (Wildman–Crippen LogP) is 2.26. The Morgan fingerprint density at radius 1 is 1.35 bits per heavy atom. The summed E-state index contributed by atoms with van der Waals surface area (Å²) in [5.74, 6) is 0.360. The number of hydrogen-bond donors (Lipinski definition) is 0. The second kappa shape index (κ2) is 6.70. The second-order valence-electron chi connectivity index (χ2n) is 5.37. The van der Waals surface area contributed by atoms with E-state index in [9.17, 15) is 8.42 Å². The van der Waals surface area contributed by atoms with Gasteiger partial charge >= 0.3 is 0 Å². The summed E-state index contributed by atoms with van der Waals surface area (Å²) in [6.07, 6.45) is 0.939. The molecule has 0 bridgehead atoms. The molecule has 5 heteroatoms. The third-order valence-electron chi connectivity index (χ3n) is 3.98. The molecular formula is C15H23NO3S. The van der Waals surface area contributed by atoms with Crippen LogP contribution < -0.4 is 0 Å². The van der Waals surface area contributed by atoms with Crippen LogP contribution in [-0.2, 0) is 21.3 Å². The lowest BCUT2D eigenvalue weighted by Crippen LogP contribution is -2.44. The van der Waals surface area contributed by atoms with E-state index in [0.717, 1.165) is 12.0 Å². The van der Waals surface area contributed by atoms with Crippen LogP contribution in [0.3, 0.4) is 0 Å². The van der Waals surface area contributed by atoms with Gasteiger partial charge in [-0.25, -0.2) is 8.42 Å². The van der Waals surface area contributed by atoms with Crippen molar-refractivity contribution in [2.45, 2.75) is 32.9 Å². The smallest absolute Gasteiger partial charge is 0.217 e. The van der Waals surface area contributed by atoms with Crippen LogP contribution in [0.25, 0.3) is 0 Å². The zero-order valence-electron chi connectivity index (χ0n) is 12.2. The Bertz CT molecular complexity index is 515. The van der Waals surface area contributed by atoms with Gasteiger partial charge < -0.3 is 4.74 Å². The van der Waals surface area contributed by atoms with Crippen LogP contribution in [0, 0.1) is 5.92 Å². The summed E-state index contributed by atoms with van der Waals surface area (Å²) in [5, 5.41) is 0. The standard InChI is InChI=1S/C15H23NO3S/c1-3-13(2)15-12-19-9-10-20(17,18)16(15)11-14-7-5-4-6-8-14/h4-8,13,15H,3,9-12H2,1-2H3/t13?,15-/m1/s1. The van der Waals surface area contributed by atoms with Crippen LogP contribution in [0.1, 0.15) is 25.8 Å². The van der Waals surface area contributed by atoms with Crippen molar-refractivity contribution in [3.63, 3.8) is 0 Å². The van der Waals surface area contributed by atoms with Crippen LogP contribution in [-0.4, -0.2) is 37.7 Å². The fraction of sp³-hybridized carbons (Fsp3) is 0.600. The SMILES string of the molecule is CCC(C)[C@H]1COCCS(=O)(=O)N1Cc1ccccc1. The number of ether oxygens (including phenoxy) is 1. The van der Waals surface area contributed by atoms with Gasteiger partial charge in [-0.2, -0.15) is 4.31 Å². The fourth-order valence-electron chi connectivity index (χ4n) is 2.47. The van der Waals surface area contributed by atoms with E-state index >= 15 is 0 Å². The van der Waals surface area contributed by atoms with E-state index in [2.05, 4.69) is 13.8 Å². The molecule has 0 radical (unpaired) electrons. The van der Waals surface area contributed by atoms with Crippen LogP contribution in [0.2, 0.25) is 0 Å². The number of rotatable bonds is 4. The molecular weight excluding hydrogens is 274 g/mol. The van der Waals surface area contributed by atoms with Crippen molar-refractivity contribution in [1.29, 1.82) is 0 Å². The first-order valence-electron chi connectivity index (χ1n) is 7.15. The third kappa shape index (κ3) is 3.59. The molecule has 1 aromatic rings. The maximum atomic E-state index is 12.5. The van der Waals surface area contributed by atoms with Gasteiger partial charge in [-0.05, 0) is 11.5 Å². The number of benzene rings is 1. The van der Waals surface area contributed by atoms with Crippen molar-refractivity contribution in [1.82, 2.24) is 4.31 Å². The molecule has 4 nitrogen and oxygen atoms in total. The lowest BCUT2D eigenvalue weighted by molar-refractivity contribution is 0.0854. The molecule has 1 aliphatic rings. The summed E-state index contributed by atoms with van der Waals surface area (Å²) in [6, 6.07) is 9.68. The topological polar surface area (TPSA) is 46.6 Å². The highest BCUT2D eigenvalue weighted by Gasteiger charge is 2.35. The van der Waals surface area contributed by atoms with Crippen LogP contribution >= 0.6 is 0 Å². The van der Waals surface area contributed by atoms with Crippen molar-refractivity contribution >= 4 is 10.0 Å². The molecule has 2 atom stereocenters. The maximum Gasteiger partial charge on any atom is 0.217 e. The Morgan fingerprint density at radius 3 is 2.70 bits per heavy atom. The Labute approximate surface area is 121 Å². The molecule has 0 amide bonds. The molecule has 1 aromatic carbocycles. The van der Waals surface area contributed by atoms with Gasteiger partial charge in [-0.15, -0.1) is 0 Å². The zero-order valence-corrected chi connectivity index (χ0v) is 13.0. The Hall–Kier alpha value is -0.910. The molecule has 0 aromatic heterocycles. The minimum absolute atomic E-state index is 0.0762. The van der Waals surface area contributed by atoms with E-state index in [-0.39, 0.29) is 17.7 Å². The lowest BCUT2D eigenvalue weighted by atomic mass is 9.99. The quantitative estimate of drug-likeness (QED) is 0.856. The van der Waals surface area contributed by atoms with E-state index in [0.29, 0.717) is 19.8 Å². The first kappa shape index (κ1) is 15.5. The second-order valence-corrected chi connectivity index (χ2v) is 7.42. The molecule has 1 fully saturated rings. The lowest BCUT2D eigenvalue weighted by Gasteiger charge is -2.32. The van der Waals surface area contributed by atoms with Crippen molar-refractivity contribution in [2.24, 2.45) is 5.92 Å². The van der Waals surface area contributed by atoms with E-state index in [1.165, 1.54) is 0 Å². The van der Waals surface area contributed by atoms with Gasteiger partial charge in [0, 0.05) is 6.54 Å². The minimum atomic E-state index is -3.25. The molecule has 112 valence electrons. The van der Waals surface area contributed by atoms with Crippen molar-refractivity contribution in [2.75, 3.05) is 19.0 Å². The molecule has 20 heavy (non-hydrogen) atoms. The maximum absolute atomic E-state index is 12.5. The van der Waals surface area contributed by atoms with E-state index in [4.69, 9.17) is 4.74 Å². The van der Waals surface area contributed by atoms with Gasteiger partial charge in [0.1, 0.15) is 0 Å². The van der Waals surface area contributed by atoms with E-state index in [1.807, 2.05) is 30.3 Å². The number of nitrogens with zero attached hydrogens (tertiary/aromatic N) is 1. The van der Waals surface area contributed by atoms with Crippen LogP contribution in [0.5, 0.6) is 0 Å². The summed E-state index contributed by atoms with van der Waals surface area (Å²) in [5.41, 5.74) is 1.02. The molecule has 1 heterocycles. The highest BCUT2D eigenvalue weighted by molar-refractivity contribution is 7.89. The van der Waals surface area contributed by atoms with Gasteiger partial charge in [0.15, 0.2) is 0 Å². The van der Waals surface area contributed by atoms with Gasteiger partial charge in [0.2, 0.25) is 10.0 Å². The zero-order chi connectivity index (χ0) is 14.6. The summed E-state index contributed by atoms with van der Waals surface area (Å²) < 4.78 is 32.1. The monoisotopic (exact) mass is 297 g/mol. The average molecular weight is 297 g/mol. The van der Waals surface area contributed by atoms with Crippen molar-refractivity contribution in [3.8, 4) is 0 Å². The number of sulfonamides is 1. The Morgan fingerprint density at radius 2 is 2.05 bits per heavy atom. The normalized spacial score (nSPS) is 25.0. The molecule has 0 N–H and O–H groups in total. The molecule has 1 unspecified atom stereocenters. The molecule has 1 aliphatic heterocycles. The highest BCUT2D eigenvalue weighted by Crippen LogP contribution is 2.24. The summed E-state index contributed by atoms with van der Waals surface area (Å²) >= 11 is 0. The number of hydrogen-bond acceptors (Lipinski definition) is 3. The van der Waals surface area contributed by atoms with Crippen LogP contribution in [0.4, 0.5) is 0 Å². The van der Waals surface area contributed by atoms with Gasteiger partial charge in [0.05, 0.1) is 25.0 Å². The van der Waals surface area contributed by atoms with E-state index < -0.39 is 10.0 Å². The predicted molar refractivity (Wildman–Crippen MR) is 79.8 cm³/mol. The average Bonchev–Trinajstić information content (AvgIpc) is 2.59. The highest BCUT2D eigenvalue weighted by atomic mass is 32.2. The van der Waals surface area contributed by atoms with E-state index in [1.54, 1.807) is 4.31 Å². The molecule has 0 spiro atoms. The Kier molecular flexibility index (Phi) is 5.18. The molecule has 1 saturated heterocycles. The largest absolute Gasteiger partial charge is 0.379 e. The summed E-state index contributed by atoms with van der Waals surface area (Å²) in [4.78, 5) is 0. The first-order chi connectivity index (χ1) is 9.54. The van der Waals surface area contributed by atoms with Crippen molar-refractivity contribution < 1.29 is 13.2 Å². The van der Waals surface area contributed by atoms with Gasteiger partial charge in [0.25, 0.3) is 0 Å². The molecule has 0 saturated carbocycles. The van der Waals surface area contributed by atoms with Crippen LogP contribution in [0.15, 0.2) is 30.3 Å². The molecule has 0 aliphatic carbocycles.